The predicted molar refractivity (Wildman–Crippen MR) is 104 cm³/mol. The van der Waals surface area contributed by atoms with Gasteiger partial charge >= 0.3 is 0 Å². The topological polar surface area (TPSA) is 66.4 Å². The van der Waals surface area contributed by atoms with Crippen LogP contribution in [0.5, 0.6) is 0 Å². The predicted octanol–water partition coefficient (Wildman–Crippen LogP) is 4.66. The van der Waals surface area contributed by atoms with Crippen molar-refractivity contribution in [2.45, 2.75) is 27.2 Å². The van der Waals surface area contributed by atoms with Crippen LogP contribution in [0.15, 0.2) is 41.2 Å². The Labute approximate surface area is 146 Å². The number of aromatic nitrogens is 1. The van der Waals surface area contributed by atoms with Crippen molar-refractivity contribution in [3.8, 4) is 0 Å². The summed E-state index contributed by atoms with van der Waals surface area (Å²) in [5, 5.41) is 7.33. The number of carbonyl (C=O) groups is 1. The lowest BCUT2D eigenvalue weighted by molar-refractivity contribution is 0.112. The number of carbonyl (C=O) groups excluding carboxylic acids is 1. The molecule has 0 unspecified atom stereocenters. The number of hydrogen-bond donors (Lipinski definition) is 2. The molecule has 0 spiro atoms. The normalized spacial score (nSPS) is 12.4. The number of fused-ring (bicyclic) bond motifs is 1. The molecule has 0 atom stereocenters. The summed E-state index contributed by atoms with van der Waals surface area (Å²) in [6.07, 6.45) is 11.2. The molecule has 126 valence electrons. The lowest BCUT2D eigenvalue weighted by Gasteiger charge is -2.05. The van der Waals surface area contributed by atoms with Gasteiger partial charge in [0.05, 0.1) is 22.3 Å². The number of aliphatic imine (C=N–C) groups is 1. The number of nitrogens with one attached hydrogen (secondary N) is 2. The largest absolute Gasteiger partial charge is 0.385 e. The van der Waals surface area contributed by atoms with Crippen molar-refractivity contribution >= 4 is 45.6 Å². The first kappa shape index (κ1) is 17.9. The summed E-state index contributed by atoms with van der Waals surface area (Å²) in [7, 11) is 0. The van der Waals surface area contributed by atoms with Crippen molar-refractivity contribution in [3.63, 3.8) is 0 Å². The third kappa shape index (κ3) is 4.08. The van der Waals surface area contributed by atoms with Crippen LogP contribution in [0.3, 0.4) is 0 Å². The zero-order chi connectivity index (χ0) is 17.4. The third-order valence-electron chi connectivity index (χ3n) is 3.34. The minimum atomic E-state index is 0.576. The standard InChI is InChI=1S/C18H22N4OS/c1-4-7-8-13(5-2)21-12-22-17-15(11-23)24-18-16(17)14(19-6-3)9-10-20-18/h5,7-12H,4,6H2,1-3H3,(H,19,20)(H,21,22)/b8-7-,13-5+. The minimum absolute atomic E-state index is 0.576. The monoisotopic (exact) mass is 342 g/mol. The molecule has 24 heavy (non-hydrogen) atoms. The Balaban J connectivity index is 2.38. The van der Waals surface area contributed by atoms with Gasteiger partial charge in [-0.1, -0.05) is 19.1 Å². The smallest absolute Gasteiger partial charge is 0.162 e. The van der Waals surface area contributed by atoms with Crippen molar-refractivity contribution in [2.24, 2.45) is 4.99 Å². The second-order valence-corrected chi connectivity index (χ2v) is 5.99. The van der Waals surface area contributed by atoms with Gasteiger partial charge in [0, 0.05) is 24.1 Å². The van der Waals surface area contributed by atoms with E-state index in [9.17, 15) is 4.79 Å². The molecule has 0 aromatic carbocycles. The Morgan fingerprint density at radius 3 is 2.92 bits per heavy atom. The molecule has 0 bridgehead atoms. The molecular formula is C18H22N4OS. The van der Waals surface area contributed by atoms with Crippen LogP contribution in [0.4, 0.5) is 11.4 Å². The first-order chi connectivity index (χ1) is 11.7. The van der Waals surface area contributed by atoms with Gasteiger partial charge in [-0.3, -0.25) is 4.79 Å². The maximum absolute atomic E-state index is 11.4. The third-order valence-corrected chi connectivity index (χ3v) is 4.35. The van der Waals surface area contributed by atoms with Gasteiger partial charge in [0.1, 0.15) is 4.83 Å². The summed E-state index contributed by atoms with van der Waals surface area (Å²) < 4.78 is 0. The number of hydrogen-bond acceptors (Lipinski definition) is 5. The van der Waals surface area contributed by atoms with E-state index in [0.29, 0.717) is 10.6 Å². The zero-order valence-corrected chi connectivity index (χ0v) is 15.0. The number of thiophene rings is 1. The second kappa shape index (κ2) is 8.98. The van der Waals surface area contributed by atoms with E-state index in [4.69, 9.17) is 0 Å². The van der Waals surface area contributed by atoms with Crippen LogP contribution in [0.1, 0.15) is 36.9 Å². The van der Waals surface area contributed by atoms with Crippen LogP contribution >= 0.6 is 11.3 Å². The highest BCUT2D eigenvalue weighted by atomic mass is 32.1. The molecular weight excluding hydrogens is 320 g/mol. The van der Waals surface area contributed by atoms with Gasteiger partial charge in [0.25, 0.3) is 0 Å². The summed E-state index contributed by atoms with van der Waals surface area (Å²) in [5.74, 6) is 0. The highest BCUT2D eigenvalue weighted by Gasteiger charge is 2.15. The van der Waals surface area contributed by atoms with E-state index < -0.39 is 0 Å². The summed E-state index contributed by atoms with van der Waals surface area (Å²) in [5.41, 5.74) is 2.55. The molecule has 0 amide bonds. The van der Waals surface area contributed by atoms with Gasteiger partial charge in [-0.2, -0.15) is 0 Å². The Morgan fingerprint density at radius 1 is 1.42 bits per heavy atom. The highest BCUT2D eigenvalue weighted by molar-refractivity contribution is 7.21. The average molecular weight is 342 g/mol. The van der Waals surface area contributed by atoms with Crippen LogP contribution in [-0.4, -0.2) is 24.2 Å². The zero-order valence-electron chi connectivity index (χ0n) is 14.2. The van der Waals surface area contributed by atoms with E-state index in [1.807, 2.05) is 32.1 Å². The van der Waals surface area contributed by atoms with Gasteiger partial charge in [0.2, 0.25) is 0 Å². The van der Waals surface area contributed by atoms with E-state index in [2.05, 4.69) is 33.6 Å². The summed E-state index contributed by atoms with van der Waals surface area (Å²) >= 11 is 1.35. The quantitative estimate of drug-likeness (QED) is 0.317. The molecule has 2 N–H and O–H groups in total. The molecule has 0 fully saturated rings. The Morgan fingerprint density at radius 2 is 2.25 bits per heavy atom. The second-order valence-electron chi connectivity index (χ2n) is 4.96. The molecule has 2 aromatic heterocycles. The van der Waals surface area contributed by atoms with E-state index in [0.717, 1.165) is 40.9 Å². The van der Waals surface area contributed by atoms with Gasteiger partial charge in [-0.25, -0.2) is 9.98 Å². The van der Waals surface area contributed by atoms with Crippen molar-refractivity contribution < 1.29 is 4.79 Å². The number of pyridine rings is 1. The Hall–Kier alpha value is -2.47. The maximum Gasteiger partial charge on any atom is 0.162 e. The van der Waals surface area contributed by atoms with Crippen molar-refractivity contribution in [1.82, 2.24) is 10.3 Å². The number of rotatable bonds is 8. The number of allylic oxidation sites excluding steroid dienone is 3. The fourth-order valence-corrected chi connectivity index (χ4v) is 3.14. The number of aldehydes is 1. The number of anilines is 1. The molecule has 0 aliphatic rings. The van der Waals surface area contributed by atoms with Crippen LogP contribution in [0.25, 0.3) is 10.2 Å². The van der Waals surface area contributed by atoms with Crippen LogP contribution in [0, 0.1) is 0 Å². The van der Waals surface area contributed by atoms with Gasteiger partial charge in [-0.05, 0) is 32.4 Å². The van der Waals surface area contributed by atoms with Crippen molar-refractivity contribution in [3.05, 3.63) is 41.1 Å². The molecule has 2 rings (SSSR count). The average Bonchev–Trinajstić information content (AvgIpc) is 2.97. The molecule has 0 saturated carbocycles. The van der Waals surface area contributed by atoms with E-state index >= 15 is 0 Å². The first-order valence-corrected chi connectivity index (χ1v) is 8.79. The van der Waals surface area contributed by atoms with Crippen LogP contribution < -0.4 is 10.6 Å². The lowest BCUT2D eigenvalue weighted by atomic mass is 10.2. The van der Waals surface area contributed by atoms with Gasteiger partial charge in [0.15, 0.2) is 6.29 Å². The van der Waals surface area contributed by atoms with E-state index in [-0.39, 0.29) is 0 Å². The highest BCUT2D eigenvalue weighted by Crippen LogP contribution is 2.39. The molecule has 6 heteroatoms. The first-order valence-electron chi connectivity index (χ1n) is 7.97. The van der Waals surface area contributed by atoms with Gasteiger partial charge < -0.3 is 10.6 Å². The van der Waals surface area contributed by atoms with Gasteiger partial charge in [-0.15, -0.1) is 11.3 Å². The van der Waals surface area contributed by atoms with E-state index in [1.165, 1.54) is 11.3 Å². The fourth-order valence-electron chi connectivity index (χ4n) is 2.21. The molecule has 2 heterocycles. The molecule has 0 saturated heterocycles. The molecule has 0 radical (unpaired) electrons. The summed E-state index contributed by atoms with van der Waals surface area (Å²) in [6, 6.07) is 1.90. The van der Waals surface area contributed by atoms with Crippen molar-refractivity contribution in [1.29, 1.82) is 0 Å². The summed E-state index contributed by atoms with van der Waals surface area (Å²) in [4.78, 5) is 21.6. The number of nitrogens with zero attached hydrogens (tertiary/aromatic N) is 2. The summed E-state index contributed by atoms with van der Waals surface area (Å²) in [6.45, 7) is 6.86. The van der Waals surface area contributed by atoms with Crippen LogP contribution in [0.2, 0.25) is 0 Å². The van der Waals surface area contributed by atoms with Crippen LogP contribution in [-0.2, 0) is 0 Å². The van der Waals surface area contributed by atoms with Crippen molar-refractivity contribution in [2.75, 3.05) is 11.9 Å². The Kier molecular flexibility index (Phi) is 6.69. The lowest BCUT2D eigenvalue weighted by Crippen LogP contribution is -2.08. The molecule has 0 aliphatic carbocycles. The fraction of sp³-hybridized carbons (Fsp3) is 0.278. The molecule has 0 aliphatic heterocycles. The maximum atomic E-state index is 11.4. The van der Waals surface area contributed by atoms with E-state index in [1.54, 1.807) is 12.5 Å². The Bertz CT molecular complexity index is 790. The molecule has 2 aromatic rings. The SMILES string of the molecule is C/C=C(\C=C/CC)NC=Nc1c(C=O)sc2nccc(NCC)c12. The minimum Gasteiger partial charge on any atom is -0.385 e. The molecule has 5 nitrogen and oxygen atoms in total.